The third-order valence-electron chi connectivity index (χ3n) is 2.31. The lowest BCUT2D eigenvalue weighted by Crippen LogP contribution is -2.06. The molecule has 0 saturated carbocycles. The highest BCUT2D eigenvalue weighted by atomic mass is 32.1. The van der Waals surface area contributed by atoms with Crippen molar-refractivity contribution in [1.29, 1.82) is 0 Å². The molecule has 4 nitrogen and oxygen atoms in total. The third-order valence-corrected chi connectivity index (χ3v) is 3.18. The summed E-state index contributed by atoms with van der Waals surface area (Å²) in [5.74, 6) is -0.981. The van der Waals surface area contributed by atoms with Crippen molar-refractivity contribution >= 4 is 28.7 Å². The normalized spacial score (nSPS) is 10.1. The summed E-state index contributed by atoms with van der Waals surface area (Å²) in [6.45, 7) is 0.613. The van der Waals surface area contributed by atoms with E-state index >= 15 is 0 Å². The molecule has 88 valence electrons. The van der Waals surface area contributed by atoms with E-state index in [1.807, 2.05) is 17.5 Å². The van der Waals surface area contributed by atoms with Crippen molar-refractivity contribution in [1.82, 2.24) is 0 Å². The first-order valence-corrected chi connectivity index (χ1v) is 5.94. The highest BCUT2D eigenvalue weighted by Crippen LogP contribution is 2.20. The molecule has 0 atom stereocenters. The number of nitrogens with one attached hydrogen (secondary N) is 1. The molecule has 1 heterocycles. The zero-order valence-electron chi connectivity index (χ0n) is 9.01. The predicted molar refractivity (Wildman–Crippen MR) is 69.5 cm³/mol. The van der Waals surface area contributed by atoms with Gasteiger partial charge in [0.25, 0.3) is 0 Å². The zero-order valence-corrected chi connectivity index (χ0v) is 9.83. The molecular weight excluding hydrogens is 236 g/mol. The smallest absolute Gasteiger partial charge is 0.337 e. The van der Waals surface area contributed by atoms with E-state index in [1.54, 1.807) is 23.5 Å². The van der Waals surface area contributed by atoms with Crippen molar-refractivity contribution in [2.45, 2.75) is 6.54 Å². The Bertz CT molecular complexity index is 523. The third kappa shape index (κ3) is 2.76. The molecular formula is C12H12N2O2S. The minimum Gasteiger partial charge on any atom is -0.478 e. The van der Waals surface area contributed by atoms with Crippen LogP contribution in [0.1, 0.15) is 15.2 Å². The van der Waals surface area contributed by atoms with Gasteiger partial charge in [0, 0.05) is 22.8 Å². The molecule has 17 heavy (non-hydrogen) atoms. The number of nitrogens with two attached hydrogens (primary N) is 1. The number of hydrogen-bond donors (Lipinski definition) is 3. The molecule has 2 aromatic rings. The molecule has 5 heteroatoms. The fourth-order valence-corrected chi connectivity index (χ4v) is 2.13. The van der Waals surface area contributed by atoms with Gasteiger partial charge in [-0.2, -0.15) is 0 Å². The van der Waals surface area contributed by atoms with Crippen LogP contribution < -0.4 is 11.1 Å². The van der Waals surface area contributed by atoms with Gasteiger partial charge in [0.1, 0.15) is 0 Å². The summed E-state index contributed by atoms with van der Waals surface area (Å²) < 4.78 is 0. The maximum atomic E-state index is 11.0. The van der Waals surface area contributed by atoms with E-state index in [2.05, 4.69) is 5.32 Å². The number of carboxylic acid groups (broad SMARTS) is 1. The molecule has 0 aliphatic rings. The first-order chi connectivity index (χ1) is 8.16. The van der Waals surface area contributed by atoms with Gasteiger partial charge in [-0.05, 0) is 29.6 Å². The number of aromatic carboxylic acids is 1. The second-order valence-corrected chi connectivity index (χ2v) is 4.58. The molecule has 2 rings (SSSR count). The Morgan fingerprint density at radius 2 is 2.24 bits per heavy atom. The van der Waals surface area contributed by atoms with Crippen molar-refractivity contribution < 1.29 is 9.90 Å². The van der Waals surface area contributed by atoms with E-state index in [-0.39, 0.29) is 5.56 Å². The minimum absolute atomic E-state index is 0.196. The van der Waals surface area contributed by atoms with E-state index in [0.717, 1.165) is 4.88 Å². The number of thiophene rings is 1. The van der Waals surface area contributed by atoms with Crippen LogP contribution in [-0.2, 0) is 6.54 Å². The monoisotopic (exact) mass is 248 g/mol. The van der Waals surface area contributed by atoms with Gasteiger partial charge in [-0.3, -0.25) is 0 Å². The van der Waals surface area contributed by atoms with Gasteiger partial charge in [-0.1, -0.05) is 6.07 Å². The second-order valence-electron chi connectivity index (χ2n) is 3.54. The van der Waals surface area contributed by atoms with Crippen molar-refractivity contribution in [3.63, 3.8) is 0 Å². The van der Waals surface area contributed by atoms with E-state index < -0.39 is 5.97 Å². The molecule has 0 saturated heterocycles. The highest BCUT2D eigenvalue weighted by molar-refractivity contribution is 7.09. The molecule has 0 unspecified atom stereocenters. The maximum absolute atomic E-state index is 11.0. The molecule has 4 N–H and O–H groups in total. The van der Waals surface area contributed by atoms with Crippen LogP contribution in [0.4, 0.5) is 11.4 Å². The fourth-order valence-electron chi connectivity index (χ4n) is 1.49. The molecule has 0 spiro atoms. The van der Waals surface area contributed by atoms with Gasteiger partial charge >= 0.3 is 5.97 Å². The van der Waals surface area contributed by atoms with E-state index in [1.165, 1.54) is 6.07 Å². The van der Waals surface area contributed by atoms with Crippen LogP contribution in [0.25, 0.3) is 0 Å². The Morgan fingerprint density at radius 3 is 2.88 bits per heavy atom. The zero-order chi connectivity index (χ0) is 12.3. The van der Waals surface area contributed by atoms with Crippen LogP contribution in [0.15, 0.2) is 35.7 Å². The molecule has 0 bridgehead atoms. The van der Waals surface area contributed by atoms with Gasteiger partial charge in [-0.25, -0.2) is 4.79 Å². The van der Waals surface area contributed by atoms with Gasteiger partial charge in [0.2, 0.25) is 0 Å². The molecule has 0 aliphatic heterocycles. The number of carbonyl (C=O) groups is 1. The Labute approximate surface area is 103 Å². The van der Waals surface area contributed by atoms with Crippen LogP contribution in [0.5, 0.6) is 0 Å². The van der Waals surface area contributed by atoms with Crippen molar-refractivity contribution in [2.75, 3.05) is 11.1 Å². The summed E-state index contributed by atoms with van der Waals surface area (Å²) in [6.07, 6.45) is 0. The van der Waals surface area contributed by atoms with Crippen LogP contribution in [0, 0.1) is 0 Å². The SMILES string of the molecule is Nc1ccc(NCc2cccs2)c(C(=O)O)c1. The summed E-state index contributed by atoms with van der Waals surface area (Å²) in [6, 6.07) is 8.78. The first-order valence-electron chi connectivity index (χ1n) is 5.06. The maximum Gasteiger partial charge on any atom is 0.337 e. The lowest BCUT2D eigenvalue weighted by molar-refractivity contribution is 0.0698. The highest BCUT2D eigenvalue weighted by Gasteiger charge is 2.10. The predicted octanol–water partition coefficient (Wildman–Crippen LogP) is 2.64. The molecule has 1 aromatic heterocycles. The average molecular weight is 248 g/mol. The summed E-state index contributed by atoms with van der Waals surface area (Å²) in [5.41, 5.74) is 6.79. The molecule has 0 fully saturated rings. The minimum atomic E-state index is -0.981. The summed E-state index contributed by atoms with van der Waals surface area (Å²) in [5, 5.41) is 14.1. The standard InChI is InChI=1S/C12H12N2O2S/c13-8-3-4-11(10(6-8)12(15)16)14-7-9-2-1-5-17-9/h1-6,14H,7,13H2,(H,15,16). The molecule has 1 aromatic carbocycles. The number of nitrogen functional groups attached to an aromatic ring is 1. The Balaban J connectivity index is 2.17. The van der Waals surface area contributed by atoms with Gasteiger partial charge in [-0.15, -0.1) is 11.3 Å². The largest absolute Gasteiger partial charge is 0.478 e. The molecule has 0 aliphatic carbocycles. The Hall–Kier alpha value is -2.01. The average Bonchev–Trinajstić information content (AvgIpc) is 2.80. The van der Waals surface area contributed by atoms with E-state index in [4.69, 9.17) is 10.8 Å². The molecule has 0 radical (unpaired) electrons. The second kappa shape index (κ2) is 4.88. The number of carboxylic acids is 1. The first kappa shape index (κ1) is 11.5. The topological polar surface area (TPSA) is 75.3 Å². The van der Waals surface area contributed by atoms with E-state index in [0.29, 0.717) is 17.9 Å². The summed E-state index contributed by atoms with van der Waals surface area (Å²) in [4.78, 5) is 12.2. The summed E-state index contributed by atoms with van der Waals surface area (Å²) in [7, 11) is 0. The summed E-state index contributed by atoms with van der Waals surface area (Å²) >= 11 is 1.62. The van der Waals surface area contributed by atoms with E-state index in [9.17, 15) is 4.79 Å². The number of anilines is 2. The van der Waals surface area contributed by atoms with Gasteiger partial charge in [0.05, 0.1) is 5.56 Å². The Kier molecular flexibility index (Phi) is 3.30. The quantitative estimate of drug-likeness (QED) is 0.727. The lowest BCUT2D eigenvalue weighted by Gasteiger charge is -2.09. The van der Waals surface area contributed by atoms with Crippen LogP contribution in [0.2, 0.25) is 0 Å². The van der Waals surface area contributed by atoms with Crippen molar-refractivity contribution in [2.24, 2.45) is 0 Å². The Morgan fingerprint density at radius 1 is 1.41 bits per heavy atom. The molecule has 0 amide bonds. The number of hydrogen-bond acceptors (Lipinski definition) is 4. The van der Waals surface area contributed by atoms with Crippen molar-refractivity contribution in [3.05, 3.63) is 46.2 Å². The number of benzene rings is 1. The van der Waals surface area contributed by atoms with Crippen LogP contribution in [-0.4, -0.2) is 11.1 Å². The van der Waals surface area contributed by atoms with Gasteiger partial charge in [0.15, 0.2) is 0 Å². The van der Waals surface area contributed by atoms with Crippen molar-refractivity contribution in [3.8, 4) is 0 Å². The van der Waals surface area contributed by atoms with Crippen LogP contribution >= 0.6 is 11.3 Å². The van der Waals surface area contributed by atoms with Crippen LogP contribution in [0.3, 0.4) is 0 Å². The fraction of sp³-hybridized carbons (Fsp3) is 0.0833. The lowest BCUT2D eigenvalue weighted by atomic mass is 10.1. The number of rotatable bonds is 4. The van der Waals surface area contributed by atoms with Gasteiger partial charge < -0.3 is 16.2 Å².